The van der Waals surface area contributed by atoms with Crippen molar-refractivity contribution < 1.29 is 4.74 Å². The van der Waals surface area contributed by atoms with Gasteiger partial charge in [-0.25, -0.2) is 0 Å². The van der Waals surface area contributed by atoms with Crippen molar-refractivity contribution in [3.05, 3.63) is 29.3 Å². The fraction of sp³-hybridized carbons (Fsp3) is 0.200. The fourth-order valence-electron chi connectivity index (χ4n) is 1.13. The van der Waals surface area contributed by atoms with E-state index in [0.717, 1.165) is 15.7 Å². The lowest BCUT2D eigenvalue weighted by Crippen LogP contribution is -1.85. The van der Waals surface area contributed by atoms with Crippen LogP contribution in [0.1, 0.15) is 5.01 Å². The largest absolute Gasteiger partial charge is 0.429 e. The van der Waals surface area contributed by atoms with Crippen molar-refractivity contribution in [1.82, 2.24) is 10.2 Å². The Bertz CT molecular complexity index is 475. The highest BCUT2D eigenvalue weighted by molar-refractivity contribution is 7.98. The average Bonchev–Trinajstić information content (AvgIpc) is 2.77. The highest BCUT2D eigenvalue weighted by atomic mass is 35.5. The van der Waals surface area contributed by atoms with E-state index in [1.165, 1.54) is 11.3 Å². The molecule has 0 unspecified atom stereocenters. The Morgan fingerprint density at radius 2 is 2.19 bits per heavy atom. The first-order valence-electron chi connectivity index (χ1n) is 4.52. The molecule has 0 aliphatic rings. The number of alkyl halides is 1. The molecule has 2 rings (SSSR count). The molecule has 0 saturated heterocycles. The number of ether oxygens (including phenoxy) is 1. The molecule has 1 aromatic carbocycles. The smallest absolute Gasteiger partial charge is 0.299 e. The molecule has 0 radical (unpaired) electrons. The molecule has 0 spiro atoms. The lowest BCUT2D eigenvalue weighted by molar-refractivity contribution is 0.462. The van der Waals surface area contributed by atoms with Crippen LogP contribution in [0.5, 0.6) is 10.9 Å². The molecule has 6 heteroatoms. The van der Waals surface area contributed by atoms with Crippen LogP contribution in [0.2, 0.25) is 0 Å². The van der Waals surface area contributed by atoms with Crippen LogP contribution in [0.4, 0.5) is 0 Å². The summed E-state index contributed by atoms with van der Waals surface area (Å²) < 4.78 is 5.65. The molecule has 0 saturated carbocycles. The third-order valence-corrected chi connectivity index (χ3v) is 3.82. The predicted molar refractivity (Wildman–Crippen MR) is 67.8 cm³/mol. The summed E-state index contributed by atoms with van der Waals surface area (Å²) in [6.45, 7) is 0. The number of hydrogen-bond donors (Lipinski definition) is 0. The first-order chi connectivity index (χ1) is 7.83. The summed E-state index contributed by atoms with van der Waals surface area (Å²) in [6, 6.07) is 7.82. The summed E-state index contributed by atoms with van der Waals surface area (Å²) in [5, 5.41) is 9.09. The topological polar surface area (TPSA) is 35.0 Å². The Labute approximate surface area is 107 Å². The third-order valence-electron chi connectivity index (χ3n) is 1.83. The second kappa shape index (κ2) is 5.52. The zero-order valence-corrected chi connectivity index (χ0v) is 10.9. The number of hydrogen-bond acceptors (Lipinski definition) is 5. The van der Waals surface area contributed by atoms with E-state index >= 15 is 0 Å². The molecule has 16 heavy (non-hydrogen) atoms. The lowest BCUT2D eigenvalue weighted by atomic mass is 10.3. The van der Waals surface area contributed by atoms with Crippen molar-refractivity contribution in [2.45, 2.75) is 10.8 Å². The summed E-state index contributed by atoms with van der Waals surface area (Å²) >= 11 is 8.64. The maximum absolute atomic E-state index is 5.65. The van der Waals surface area contributed by atoms with Crippen molar-refractivity contribution in [2.24, 2.45) is 0 Å². The monoisotopic (exact) mass is 272 g/mol. The predicted octanol–water partition coefficient (Wildman–Crippen LogP) is 3.79. The maximum Gasteiger partial charge on any atom is 0.299 e. The third kappa shape index (κ3) is 2.66. The van der Waals surface area contributed by atoms with Crippen molar-refractivity contribution in [3.63, 3.8) is 0 Å². The molecule has 0 aliphatic heterocycles. The van der Waals surface area contributed by atoms with E-state index in [-0.39, 0.29) is 0 Å². The number of benzene rings is 1. The van der Waals surface area contributed by atoms with Crippen molar-refractivity contribution in [2.75, 3.05) is 6.26 Å². The van der Waals surface area contributed by atoms with E-state index in [0.29, 0.717) is 11.1 Å². The molecule has 2 aromatic rings. The van der Waals surface area contributed by atoms with Gasteiger partial charge in [0.15, 0.2) is 0 Å². The van der Waals surface area contributed by atoms with Crippen molar-refractivity contribution in [1.29, 1.82) is 0 Å². The van der Waals surface area contributed by atoms with Gasteiger partial charge in [0.1, 0.15) is 10.8 Å². The Morgan fingerprint density at radius 3 is 2.88 bits per heavy atom. The van der Waals surface area contributed by atoms with Gasteiger partial charge in [0.05, 0.1) is 5.88 Å². The standard InChI is InChI=1S/C10H9ClN2OS2/c1-15-8-5-3-2-4-7(8)14-10-13-12-9(6-11)16-10/h2-5H,6H2,1H3. The van der Waals surface area contributed by atoms with Crippen LogP contribution in [0.15, 0.2) is 29.2 Å². The second-order valence-electron chi connectivity index (χ2n) is 2.85. The zero-order chi connectivity index (χ0) is 11.4. The lowest BCUT2D eigenvalue weighted by Gasteiger charge is -2.05. The van der Waals surface area contributed by atoms with E-state index in [1.807, 2.05) is 30.5 Å². The molecule has 0 amide bonds. The van der Waals surface area contributed by atoms with Crippen LogP contribution in [0, 0.1) is 0 Å². The minimum absolute atomic E-state index is 0.366. The van der Waals surface area contributed by atoms with Crippen LogP contribution in [-0.4, -0.2) is 16.5 Å². The van der Waals surface area contributed by atoms with Gasteiger partial charge in [-0.3, -0.25) is 0 Å². The molecule has 0 bridgehead atoms. The molecule has 0 atom stereocenters. The van der Waals surface area contributed by atoms with Gasteiger partial charge < -0.3 is 4.74 Å². The van der Waals surface area contributed by atoms with E-state index in [1.54, 1.807) is 11.8 Å². The molecule has 3 nitrogen and oxygen atoms in total. The Morgan fingerprint density at radius 1 is 1.38 bits per heavy atom. The van der Waals surface area contributed by atoms with Gasteiger partial charge >= 0.3 is 0 Å². The zero-order valence-electron chi connectivity index (χ0n) is 8.51. The van der Waals surface area contributed by atoms with Crippen LogP contribution >= 0.6 is 34.7 Å². The number of aromatic nitrogens is 2. The Kier molecular flexibility index (Phi) is 4.04. The first kappa shape index (κ1) is 11.7. The van der Waals surface area contributed by atoms with Gasteiger partial charge in [-0.15, -0.1) is 28.5 Å². The van der Waals surface area contributed by atoms with E-state index in [2.05, 4.69) is 10.2 Å². The van der Waals surface area contributed by atoms with Gasteiger partial charge in [-0.05, 0) is 18.4 Å². The summed E-state index contributed by atoms with van der Waals surface area (Å²) in [6.07, 6.45) is 2.01. The molecule has 1 aromatic heterocycles. The van der Waals surface area contributed by atoms with Crippen LogP contribution < -0.4 is 4.74 Å². The number of thioether (sulfide) groups is 1. The Hall–Kier alpha value is -0.780. The van der Waals surface area contributed by atoms with Gasteiger partial charge in [0.2, 0.25) is 0 Å². The SMILES string of the molecule is CSc1ccccc1Oc1nnc(CCl)s1. The highest BCUT2D eigenvalue weighted by Gasteiger charge is 2.07. The first-order valence-corrected chi connectivity index (χ1v) is 7.10. The quantitative estimate of drug-likeness (QED) is 0.627. The average molecular weight is 273 g/mol. The number of nitrogens with zero attached hydrogens (tertiary/aromatic N) is 2. The summed E-state index contributed by atoms with van der Waals surface area (Å²) in [5.74, 6) is 1.16. The molecule has 0 N–H and O–H groups in total. The van der Waals surface area contributed by atoms with Crippen LogP contribution in [0.3, 0.4) is 0 Å². The number of rotatable bonds is 4. The summed E-state index contributed by atoms with van der Waals surface area (Å²) in [7, 11) is 0. The second-order valence-corrected chi connectivity index (χ2v) is 4.99. The molecular weight excluding hydrogens is 264 g/mol. The normalized spacial score (nSPS) is 10.4. The molecular formula is C10H9ClN2OS2. The molecule has 1 heterocycles. The van der Waals surface area contributed by atoms with E-state index in [9.17, 15) is 0 Å². The van der Waals surface area contributed by atoms with Crippen LogP contribution in [0.25, 0.3) is 0 Å². The minimum Gasteiger partial charge on any atom is -0.429 e. The molecule has 0 aliphatic carbocycles. The highest BCUT2D eigenvalue weighted by Crippen LogP contribution is 2.32. The van der Waals surface area contributed by atoms with E-state index < -0.39 is 0 Å². The Balaban J connectivity index is 2.19. The van der Waals surface area contributed by atoms with Crippen molar-refractivity contribution in [3.8, 4) is 10.9 Å². The van der Waals surface area contributed by atoms with Gasteiger partial charge in [0.25, 0.3) is 5.19 Å². The number of halogens is 1. The minimum atomic E-state index is 0.366. The molecule has 0 fully saturated rings. The van der Waals surface area contributed by atoms with Gasteiger partial charge in [-0.1, -0.05) is 28.6 Å². The number of para-hydroxylation sites is 1. The fourth-order valence-corrected chi connectivity index (χ4v) is 2.42. The molecule has 84 valence electrons. The van der Waals surface area contributed by atoms with Gasteiger partial charge in [-0.2, -0.15) is 0 Å². The summed E-state index contributed by atoms with van der Waals surface area (Å²) in [4.78, 5) is 1.07. The van der Waals surface area contributed by atoms with E-state index in [4.69, 9.17) is 16.3 Å². The summed E-state index contributed by atoms with van der Waals surface area (Å²) in [5.41, 5.74) is 0. The van der Waals surface area contributed by atoms with Crippen LogP contribution in [-0.2, 0) is 5.88 Å². The maximum atomic E-state index is 5.65. The van der Waals surface area contributed by atoms with Crippen molar-refractivity contribution >= 4 is 34.7 Å². The van der Waals surface area contributed by atoms with Gasteiger partial charge in [0, 0.05) is 4.90 Å².